The molecule has 0 spiro atoms. The summed E-state index contributed by atoms with van der Waals surface area (Å²) in [5.74, 6) is 0.777. The third-order valence-corrected chi connectivity index (χ3v) is 4.71. The van der Waals surface area contributed by atoms with Crippen LogP contribution in [0, 0.1) is 6.92 Å². The van der Waals surface area contributed by atoms with E-state index in [1.807, 2.05) is 18.2 Å². The number of halogens is 1. The van der Waals surface area contributed by atoms with Crippen molar-refractivity contribution in [3.63, 3.8) is 0 Å². The first-order valence-electron chi connectivity index (χ1n) is 5.84. The monoisotopic (exact) mass is 324 g/mol. The Balaban J connectivity index is 1.95. The summed E-state index contributed by atoms with van der Waals surface area (Å²) >= 11 is 5.16. The molecule has 2 nitrogen and oxygen atoms in total. The van der Waals surface area contributed by atoms with Gasteiger partial charge in [-0.15, -0.1) is 11.3 Å². The second-order valence-corrected chi connectivity index (χ2v) is 6.72. The standard InChI is InChI=1S/C14H13BrO2S/c1-8-2-5-14(18-8)13-7-11(16)10-4-3-9(15)6-12(10)17-13/h2-6,11,13,16H,7H2,1H3/t11-,13?/m0/s1. The first-order valence-corrected chi connectivity index (χ1v) is 7.45. The normalized spacial score (nSPS) is 22.4. The molecule has 0 saturated carbocycles. The second-order valence-electron chi connectivity index (χ2n) is 4.49. The van der Waals surface area contributed by atoms with E-state index in [2.05, 4.69) is 35.0 Å². The molecule has 1 unspecified atom stereocenters. The van der Waals surface area contributed by atoms with Gasteiger partial charge < -0.3 is 9.84 Å². The highest BCUT2D eigenvalue weighted by atomic mass is 79.9. The third kappa shape index (κ3) is 2.20. The van der Waals surface area contributed by atoms with Crippen molar-refractivity contribution in [1.29, 1.82) is 0 Å². The lowest BCUT2D eigenvalue weighted by molar-refractivity contribution is 0.0674. The summed E-state index contributed by atoms with van der Waals surface area (Å²) in [6.45, 7) is 2.08. The molecule has 94 valence electrons. The number of hydrogen-bond acceptors (Lipinski definition) is 3. The van der Waals surface area contributed by atoms with Crippen LogP contribution in [0.25, 0.3) is 0 Å². The molecule has 3 rings (SSSR count). The van der Waals surface area contributed by atoms with E-state index < -0.39 is 6.10 Å². The molecule has 0 fully saturated rings. The highest BCUT2D eigenvalue weighted by Crippen LogP contribution is 2.43. The van der Waals surface area contributed by atoms with Gasteiger partial charge in [0.1, 0.15) is 11.9 Å². The van der Waals surface area contributed by atoms with Crippen molar-refractivity contribution in [1.82, 2.24) is 0 Å². The molecule has 0 saturated heterocycles. The third-order valence-electron chi connectivity index (χ3n) is 3.12. The van der Waals surface area contributed by atoms with Crippen molar-refractivity contribution < 1.29 is 9.84 Å². The van der Waals surface area contributed by atoms with Crippen LogP contribution in [-0.4, -0.2) is 5.11 Å². The number of hydrogen-bond donors (Lipinski definition) is 1. The maximum absolute atomic E-state index is 10.2. The number of aryl methyl sites for hydroxylation is 1. The van der Waals surface area contributed by atoms with Crippen molar-refractivity contribution in [2.75, 3.05) is 0 Å². The van der Waals surface area contributed by atoms with E-state index in [1.54, 1.807) is 11.3 Å². The average Bonchev–Trinajstić information content (AvgIpc) is 2.75. The number of rotatable bonds is 1. The molecule has 0 aliphatic carbocycles. The molecule has 0 radical (unpaired) electrons. The molecule has 2 heterocycles. The smallest absolute Gasteiger partial charge is 0.136 e. The Hall–Kier alpha value is -0.840. The van der Waals surface area contributed by atoms with Gasteiger partial charge in [0, 0.05) is 26.2 Å². The molecule has 1 aliphatic rings. The molecule has 1 aromatic heterocycles. The van der Waals surface area contributed by atoms with Crippen LogP contribution in [-0.2, 0) is 0 Å². The highest BCUT2D eigenvalue weighted by molar-refractivity contribution is 9.10. The molecule has 2 atom stereocenters. The molecule has 1 N–H and O–H groups in total. The van der Waals surface area contributed by atoms with Gasteiger partial charge in [-0.2, -0.15) is 0 Å². The first-order chi connectivity index (χ1) is 8.63. The zero-order valence-corrected chi connectivity index (χ0v) is 12.3. The molecular formula is C14H13BrO2S. The van der Waals surface area contributed by atoms with E-state index in [0.29, 0.717) is 6.42 Å². The highest BCUT2D eigenvalue weighted by Gasteiger charge is 2.28. The van der Waals surface area contributed by atoms with E-state index >= 15 is 0 Å². The fourth-order valence-electron chi connectivity index (χ4n) is 2.22. The Bertz CT molecular complexity index is 579. The summed E-state index contributed by atoms with van der Waals surface area (Å²) in [4.78, 5) is 2.44. The van der Waals surface area contributed by atoms with Crippen LogP contribution in [0.5, 0.6) is 5.75 Å². The molecule has 4 heteroatoms. The minimum Gasteiger partial charge on any atom is -0.484 e. The van der Waals surface area contributed by atoms with Crippen molar-refractivity contribution in [3.8, 4) is 5.75 Å². The fourth-order valence-corrected chi connectivity index (χ4v) is 3.48. The summed E-state index contributed by atoms with van der Waals surface area (Å²) in [6.07, 6.45) is 0.129. The van der Waals surface area contributed by atoms with Gasteiger partial charge in [0.2, 0.25) is 0 Å². The largest absolute Gasteiger partial charge is 0.484 e. The van der Waals surface area contributed by atoms with Crippen LogP contribution in [0.15, 0.2) is 34.8 Å². The molecule has 1 aromatic carbocycles. The minimum absolute atomic E-state index is 0.0412. The molecule has 1 aliphatic heterocycles. The molecule has 18 heavy (non-hydrogen) atoms. The van der Waals surface area contributed by atoms with Crippen LogP contribution in [0.1, 0.15) is 33.9 Å². The van der Waals surface area contributed by atoms with Gasteiger partial charge in [-0.1, -0.05) is 22.0 Å². The summed E-state index contributed by atoms with van der Waals surface area (Å²) in [7, 11) is 0. The fraction of sp³-hybridized carbons (Fsp3) is 0.286. The summed E-state index contributed by atoms with van der Waals surface area (Å²) in [5.41, 5.74) is 0.878. The number of fused-ring (bicyclic) bond motifs is 1. The number of aliphatic hydroxyl groups is 1. The molecular weight excluding hydrogens is 312 g/mol. The van der Waals surface area contributed by atoms with Crippen molar-refractivity contribution in [2.45, 2.75) is 25.6 Å². The summed E-state index contributed by atoms with van der Waals surface area (Å²) in [5, 5.41) is 10.2. The van der Waals surface area contributed by atoms with Crippen molar-refractivity contribution in [2.24, 2.45) is 0 Å². The Labute approximate surface area is 118 Å². The van der Waals surface area contributed by atoms with Crippen LogP contribution in [0.2, 0.25) is 0 Å². The van der Waals surface area contributed by atoms with E-state index in [0.717, 1.165) is 15.8 Å². The van der Waals surface area contributed by atoms with Crippen molar-refractivity contribution in [3.05, 3.63) is 50.1 Å². The average molecular weight is 325 g/mol. The predicted molar refractivity (Wildman–Crippen MR) is 76.1 cm³/mol. The predicted octanol–water partition coefficient (Wildman–Crippen LogP) is 4.38. The molecule has 2 aromatic rings. The first kappa shape index (κ1) is 12.2. The van der Waals surface area contributed by atoms with Crippen LogP contribution in [0.3, 0.4) is 0 Å². The quantitative estimate of drug-likeness (QED) is 0.843. The summed E-state index contributed by atoms with van der Waals surface area (Å²) < 4.78 is 6.97. The van der Waals surface area contributed by atoms with Gasteiger partial charge in [0.05, 0.1) is 6.10 Å². The SMILES string of the molecule is Cc1ccc(C2C[C@H](O)c3ccc(Br)cc3O2)s1. The lowest BCUT2D eigenvalue weighted by Gasteiger charge is -2.29. The van der Waals surface area contributed by atoms with E-state index in [1.165, 1.54) is 9.75 Å². The molecule has 0 bridgehead atoms. The lowest BCUT2D eigenvalue weighted by atomic mass is 9.98. The maximum Gasteiger partial charge on any atom is 0.136 e. The Kier molecular flexibility index (Phi) is 3.18. The van der Waals surface area contributed by atoms with Gasteiger partial charge in [-0.05, 0) is 31.2 Å². The number of benzene rings is 1. The zero-order valence-electron chi connectivity index (χ0n) is 9.89. The lowest BCUT2D eigenvalue weighted by Crippen LogP contribution is -2.18. The topological polar surface area (TPSA) is 29.5 Å². The van der Waals surface area contributed by atoms with Gasteiger partial charge in [-0.3, -0.25) is 0 Å². The van der Waals surface area contributed by atoms with Crippen LogP contribution < -0.4 is 4.74 Å². The number of thiophene rings is 1. The maximum atomic E-state index is 10.2. The van der Waals surface area contributed by atoms with Crippen LogP contribution in [0.4, 0.5) is 0 Å². The second kappa shape index (κ2) is 4.68. The van der Waals surface area contributed by atoms with Gasteiger partial charge in [-0.25, -0.2) is 0 Å². The zero-order chi connectivity index (χ0) is 12.7. The van der Waals surface area contributed by atoms with Gasteiger partial charge >= 0.3 is 0 Å². The summed E-state index contributed by atoms with van der Waals surface area (Å²) in [6, 6.07) is 9.94. The minimum atomic E-state index is -0.450. The van der Waals surface area contributed by atoms with Gasteiger partial charge in [0.25, 0.3) is 0 Å². The molecule has 0 amide bonds. The Morgan fingerprint density at radius 1 is 1.33 bits per heavy atom. The van der Waals surface area contributed by atoms with E-state index in [4.69, 9.17) is 4.74 Å². The van der Waals surface area contributed by atoms with Crippen molar-refractivity contribution >= 4 is 27.3 Å². The van der Waals surface area contributed by atoms with Gasteiger partial charge in [0.15, 0.2) is 0 Å². The Morgan fingerprint density at radius 2 is 2.17 bits per heavy atom. The van der Waals surface area contributed by atoms with Crippen LogP contribution >= 0.6 is 27.3 Å². The van der Waals surface area contributed by atoms with E-state index in [9.17, 15) is 5.11 Å². The van der Waals surface area contributed by atoms with E-state index in [-0.39, 0.29) is 6.10 Å². The number of ether oxygens (including phenoxy) is 1. The Morgan fingerprint density at radius 3 is 2.89 bits per heavy atom. The number of aliphatic hydroxyl groups excluding tert-OH is 1.